The molecule has 0 bridgehead atoms. The van der Waals surface area contributed by atoms with Crippen molar-refractivity contribution in [3.05, 3.63) is 59.7 Å². The van der Waals surface area contributed by atoms with Gasteiger partial charge in [-0.3, -0.25) is 14.5 Å². The molecular formula is C20H17NO4. The maximum atomic E-state index is 12.7. The number of benzene rings is 2. The largest absolute Gasteiger partial charge is 0.497 e. The van der Waals surface area contributed by atoms with Crippen molar-refractivity contribution in [2.45, 2.75) is 12.0 Å². The Kier molecular flexibility index (Phi) is 4.30. The number of ketones is 1. The maximum absolute atomic E-state index is 12.7. The second-order valence-electron chi connectivity index (χ2n) is 5.80. The highest BCUT2D eigenvalue weighted by molar-refractivity contribution is 6.11. The van der Waals surface area contributed by atoms with Crippen LogP contribution in [0.5, 0.6) is 5.75 Å². The van der Waals surface area contributed by atoms with Crippen molar-refractivity contribution in [2.75, 3.05) is 18.6 Å². The molecule has 0 spiro atoms. The quantitative estimate of drug-likeness (QED) is 0.671. The number of ether oxygens (including phenoxy) is 1. The van der Waals surface area contributed by atoms with Crippen LogP contribution in [0.4, 0.5) is 5.69 Å². The molecule has 1 N–H and O–H groups in total. The van der Waals surface area contributed by atoms with Crippen molar-refractivity contribution >= 4 is 17.4 Å². The SMILES string of the molecule is C#CCN1C(=O)[C@@](O)(CC(=O)c2ccc(OC)cc2)c2ccccc21. The fourth-order valence-corrected chi connectivity index (χ4v) is 3.04. The van der Waals surface area contributed by atoms with E-state index < -0.39 is 11.5 Å². The lowest BCUT2D eigenvalue weighted by molar-refractivity contribution is -0.135. The summed E-state index contributed by atoms with van der Waals surface area (Å²) in [5, 5.41) is 11.0. The van der Waals surface area contributed by atoms with Crippen LogP contribution in [0.25, 0.3) is 0 Å². The first kappa shape index (κ1) is 16.7. The zero-order valence-corrected chi connectivity index (χ0v) is 13.7. The molecule has 1 amide bonds. The van der Waals surface area contributed by atoms with Crippen molar-refractivity contribution in [3.8, 4) is 18.1 Å². The van der Waals surface area contributed by atoms with Gasteiger partial charge in [-0.05, 0) is 30.3 Å². The summed E-state index contributed by atoms with van der Waals surface area (Å²) in [4.78, 5) is 26.7. The second-order valence-corrected chi connectivity index (χ2v) is 5.80. The number of amides is 1. The van der Waals surface area contributed by atoms with E-state index in [1.54, 1.807) is 48.5 Å². The number of hydrogen-bond acceptors (Lipinski definition) is 4. The maximum Gasteiger partial charge on any atom is 0.265 e. The summed E-state index contributed by atoms with van der Waals surface area (Å²) in [6, 6.07) is 13.4. The van der Waals surface area contributed by atoms with E-state index in [0.717, 1.165) is 0 Å². The standard InChI is InChI=1S/C20H17NO4/c1-3-12-21-17-7-5-4-6-16(17)20(24,19(21)23)13-18(22)14-8-10-15(25-2)11-9-14/h1,4-11,24H,12-13H2,2H3/t20-/m1/s1. The molecule has 0 saturated carbocycles. The summed E-state index contributed by atoms with van der Waals surface area (Å²) in [6.07, 6.45) is 4.98. The van der Waals surface area contributed by atoms with Crippen molar-refractivity contribution in [2.24, 2.45) is 0 Å². The highest BCUT2D eigenvalue weighted by Crippen LogP contribution is 2.42. The number of fused-ring (bicyclic) bond motifs is 1. The molecule has 1 atom stereocenters. The van der Waals surface area contributed by atoms with Gasteiger partial charge in [0.1, 0.15) is 5.75 Å². The van der Waals surface area contributed by atoms with E-state index in [1.807, 2.05) is 0 Å². The minimum atomic E-state index is -1.91. The lowest BCUT2D eigenvalue weighted by Crippen LogP contribution is -2.42. The van der Waals surface area contributed by atoms with Crippen LogP contribution >= 0.6 is 0 Å². The van der Waals surface area contributed by atoms with Gasteiger partial charge in [0, 0.05) is 11.1 Å². The smallest absolute Gasteiger partial charge is 0.265 e. The summed E-state index contributed by atoms with van der Waals surface area (Å²) in [5.41, 5.74) is -0.577. The van der Waals surface area contributed by atoms with Crippen LogP contribution in [0.1, 0.15) is 22.3 Å². The third-order valence-electron chi connectivity index (χ3n) is 4.32. The van der Waals surface area contributed by atoms with E-state index in [1.165, 1.54) is 12.0 Å². The van der Waals surface area contributed by atoms with Gasteiger partial charge in [-0.15, -0.1) is 6.42 Å². The molecule has 0 saturated heterocycles. The molecule has 0 fully saturated rings. The van der Waals surface area contributed by atoms with Crippen LogP contribution < -0.4 is 9.64 Å². The van der Waals surface area contributed by atoms with Gasteiger partial charge in [0.05, 0.1) is 25.8 Å². The Labute approximate surface area is 145 Å². The van der Waals surface area contributed by atoms with Crippen LogP contribution in [0, 0.1) is 12.3 Å². The highest BCUT2D eigenvalue weighted by atomic mass is 16.5. The van der Waals surface area contributed by atoms with Crippen LogP contribution in [0.2, 0.25) is 0 Å². The first-order valence-electron chi connectivity index (χ1n) is 7.76. The lowest BCUT2D eigenvalue weighted by atomic mass is 9.88. The average Bonchev–Trinajstić information content (AvgIpc) is 2.84. The third kappa shape index (κ3) is 2.77. The number of rotatable bonds is 5. The van der Waals surface area contributed by atoms with Gasteiger partial charge in [0.25, 0.3) is 5.91 Å². The number of Topliss-reactive ketones (excluding diaryl/α,β-unsaturated/α-hetero) is 1. The number of anilines is 1. The summed E-state index contributed by atoms with van der Waals surface area (Å²) in [6.45, 7) is 0.0366. The molecule has 0 unspecified atom stereocenters. The van der Waals surface area contributed by atoms with E-state index in [-0.39, 0.29) is 18.7 Å². The van der Waals surface area contributed by atoms with Crippen LogP contribution in [0.15, 0.2) is 48.5 Å². The number of terminal acetylenes is 1. The molecule has 1 aliphatic heterocycles. The Morgan fingerprint density at radius 3 is 2.56 bits per heavy atom. The minimum absolute atomic E-state index is 0.0366. The summed E-state index contributed by atoms with van der Waals surface area (Å²) >= 11 is 0. The van der Waals surface area contributed by atoms with E-state index in [0.29, 0.717) is 22.6 Å². The van der Waals surface area contributed by atoms with Gasteiger partial charge in [-0.25, -0.2) is 0 Å². The van der Waals surface area contributed by atoms with Gasteiger partial charge in [0.2, 0.25) is 0 Å². The Hall–Kier alpha value is -3.10. The van der Waals surface area contributed by atoms with Crippen LogP contribution in [-0.2, 0) is 10.4 Å². The number of methoxy groups -OCH3 is 1. The van der Waals surface area contributed by atoms with E-state index in [2.05, 4.69) is 5.92 Å². The fourth-order valence-electron chi connectivity index (χ4n) is 3.04. The fraction of sp³-hybridized carbons (Fsp3) is 0.200. The zero-order valence-electron chi connectivity index (χ0n) is 13.7. The third-order valence-corrected chi connectivity index (χ3v) is 4.32. The summed E-state index contributed by atoms with van der Waals surface area (Å²) in [7, 11) is 1.54. The molecule has 3 rings (SSSR count). The molecule has 0 radical (unpaired) electrons. The highest BCUT2D eigenvalue weighted by Gasteiger charge is 2.50. The van der Waals surface area contributed by atoms with Crippen molar-refractivity contribution in [1.29, 1.82) is 0 Å². The number of carbonyl (C=O) groups excluding carboxylic acids is 2. The van der Waals surface area contributed by atoms with Crippen LogP contribution in [-0.4, -0.2) is 30.5 Å². The molecule has 2 aromatic rings. The number of hydrogen-bond donors (Lipinski definition) is 1. The molecule has 1 heterocycles. The molecular weight excluding hydrogens is 318 g/mol. The predicted molar refractivity (Wildman–Crippen MR) is 93.5 cm³/mol. The summed E-state index contributed by atoms with van der Waals surface area (Å²) < 4.78 is 5.07. The molecule has 25 heavy (non-hydrogen) atoms. The first-order chi connectivity index (χ1) is 12.0. The van der Waals surface area contributed by atoms with E-state index in [9.17, 15) is 14.7 Å². The Balaban J connectivity index is 1.94. The number of para-hydroxylation sites is 1. The molecule has 2 aromatic carbocycles. The van der Waals surface area contributed by atoms with Crippen LogP contribution in [0.3, 0.4) is 0 Å². The van der Waals surface area contributed by atoms with Crippen molar-refractivity contribution in [1.82, 2.24) is 0 Å². The molecule has 1 aliphatic rings. The van der Waals surface area contributed by atoms with Gasteiger partial charge >= 0.3 is 0 Å². The lowest BCUT2D eigenvalue weighted by Gasteiger charge is -2.21. The van der Waals surface area contributed by atoms with E-state index >= 15 is 0 Å². The molecule has 0 aromatic heterocycles. The molecule has 0 aliphatic carbocycles. The Morgan fingerprint density at radius 2 is 1.92 bits per heavy atom. The van der Waals surface area contributed by atoms with E-state index in [4.69, 9.17) is 11.2 Å². The van der Waals surface area contributed by atoms with Crippen molar-refractivity contribution < 1.29 is 19.4 Å². The monoisotopic (exact) mass is 335 g/mol. The normalized spacial score (nSPS) is 18.6. The zero-order chi connectivity index (χ0) is 18.0. The number of aliphatic hydroxyl groups is 1. The minimum Gasteiger partial charge on any atom is -0.497 e. The Bertz CT molecular complexity index is 866. The molecule has 126 valence electrons. The van der Waals surface area contributed by atoms with Gasteiger partial charge in [-0.1, -0.05) is 24.1 Å². The van der Waals surface area contributed by atoms with Gasteiger partial charge < -0.3 is 9.84 Å². The molecule has 5 nitrogen and oxygen atoms in total. The predicted octanol–water partition coefficient (Wildman–Crippen LogP) is 2.14. The first-order valence-corrected chi connectivity index (χ1v) is 7.76. The number of nitrogens with zero attached hydrogens (tertiary/aromatic N) is 1. The number of carbonyl (C=O) groups is 2. The van der Waals surface area contributed by atoms with Gasteiger partial charge in [0.15, 0.2) is 11.4 Å². The van der Waals surface area contributed by atoms with Gasteiger partial charge in [-0.2, -0.15) is 0 Å². The van der Waals surface area contributed by atoms with Crippen molar-refractivity contribution in [3.63, 3.8) is 0 Å². The average molecular weight is 335 g/mol. The Morgan fingerprint density at radius 1 is 1.24 bits per heavy atom. The molecule has 5 heteroatoms. The second kappa shape index (κ2) is 6.42. The topological polar surface area (TPSA) is 66.8 Å². The summed E-state index contributed by atoms with van der Waals surface area (Å²) in [5.74, 6) is 2.12.